The number of carbonyl (C=O) groups excluding carboxylic acids is 1. The summed E-state index contributed by atoms with van der Waals surface area (Å²) in [7, 11) is 2.84. The molecule has 0 aromatic heterocycles. The molecule has 1 aliphatic carbocycles. The highest BCUT2D eigenvalue weighted by molar-refractivity contribution is 5.73. The molecule has 0 aliphatic heterocycles. The molecule has 12 heavy (non-hydrogen) atoms. The number of methoxy groups -OCH3 is 2. The summed E-state index contributed by atoms with van der Waals surface area (Å²) in [6.07, 6.45) is 0.335. The van der Waals surface area contributed by atoms with Gasteiger partial charge in [-0.15, -0.1) is 0 Å². The molecule has 70 valence electrons. The van der Waals surface area contributed by atoms with E-state index >= 15 is 0 Å². The molecule has 1 rings (SSSR count). The molecule has 0 radical (unpaired) electrons. The van der Waals surface area contributed by atoms with Gasteiger partial charge in [-0.05, 0) is 12.8 Å². The van der Waals surface area contributed by atoms with Crippen molar-refractivity contribution in [1.82, 2.24) is 0 Å². The van der Waals surface area contributed by atoms with Gasteiger partial charge in [-0.2, -0.15) is 0 Å². The van der Waals surface area contributed by atoms with Crippen molar-refractivity contribution in [3.05, 3.63) is 0 Å². The Morgan fingerprint density at radius 2 is 2.08 bits per heavy atom. The van der Waals surface area contributed by atoms with Crippen molar-refractivity contribution < 1.29 is 19.4 Å². The van der Waals surface area contributed by atoms with Crippen molar-refractivity contribution in [2.45, 2.75) is 25.0 Å². The van der Waals surface area contributed by atoms with Crippen molar-refractivity contribution >= 4 is 5.97 Å². The molecule has 1 saturated carbocycles. The maximum absolute atomic E-state index is 11.1. The van der Waals surface area contributed by atoms with Crippen LogP contribution < -0.4 is 0 Å². The van der Waals surface area contributed by atoms with Crippen LogP contribution in [0.5, 0.6) is 0 Å². The summed E-state index contributed by atoms with van der Waals surface area (Å²) in [5.74, 6) is -0.589. The summed E-state index contributed by atoms with van der Waals surface area (Å²) in [4.78, 5) is 11.1. The molecule has 0 aromatic rings. The predicted molar refractivity (Wildman–Crippen MR) is 41.5 cm³/mol. The molecular formula is C8H14O4. The summed E-state index contributed by atoms with van der Waals surface area (Å²) in [6, 6.07) is 0. The Labute approximate surface area is 71.5 Å². The molecule has 0 bridgehead atoms. The standard InChI is InChI=1S/C8H14O4/c1-11-7-5(8(10)12-2)3-4-6(7)9/h5-7,9H,3-4H2,1-2H3. The lowest BCUT2D eigenvalue weighted by Gasteiger charge is -2.17. The van der Waals surface area contributed by atoms with Gasteiger partial charge in [-0.3, -0.25) is 4.79 Å². The van der Waals surface area contributed by atoms with Gasteiger partial charge in [0.05, 0.1) is 25.2 Å². The largest absolute Gasteiger partial charge is 0.469 e. The van der Waals surface area contributed by atoms with Crippen molar-refractivity contribution in [1.29, 1.82) is 0 Å². The van der Waals surface area contributed by atoms with Gasteiger partial charge in [0.15, 0.2) is 0 Å². The molecule has 1 N–H and O–H groups in total. The first-order valence-electron chi connectivity index (χ1n) is 3.99. The lowest BCUT2D eigenvalue weighted by molar-refractivity contribution is -0.150. The van der Waals surface area contributed by atoms with Crippen molar-refractivity contribution in [2.75, 3.05) is 14.2 Å². The Hall–Kier alpha value is -0.610. The molecule has 0 amide bonds. The van der Waals surface area contributed by atoms with E-state index in [0.717, 1.165) is 0 Å². The number of aliphatic hydroxyl groups is 1. The van der Waals surface area contributed by atoms with Gasteiger partial charge in [0, 0.05) is 7.11 Å². The summed E-state index contributed by atoms with van der Waals surface area (Å²) in [6.45, 7) is 0. The van der Waals surface area contributed by atoms with Crippen molar-refractivity contribution in [3.63, 3.8) is 0 Å². The highest BCUT2D eigenvalue weighted by atomic mass is 16.5. The van der Waals surface area contributed by atoms with E-state index in [1.807, 2.05) is 0 Å². The van der Waals surface area contributed by atoms with Gasteiger partial charge >= 0.3 is 5.97 Å². The second-order valence-corrected chi connectivity index (χ2v) is 2.97. The van der Waals surface area contributed by atoms with Crippen LogP contribution >= 0.6 is 0 Å². The van der Waals surface area contributed by atoms with Gasteiger partial charge in [0.2, 0.25) is 0 Å². The summed E-state index contributed by atoms with van der Waals surface area (Å²) < 4.78 is 9.59. The van der Waals surface area contributed by atoms with Crippen LogP contribution in [0.4, 0.5) is 0 Å². The molecule has 1 fully saturated rings. The molecule has 0 aromatic carbocycles. The smallest absolute Gasteiger partial charge is 0.311 e. The van der Waals surface area contributed by atoms with E-state index in [2.05, 4.69) is 4.74 Å². The van der Waals surface area contributed by atoms with E-state index in [1.165, 1.54) is 14.2 Å². The number of hydrogen-bond acceptors (Lipinski definition) is 4. The fraction of sp³-hybridized carbons (Fsp3) is 0.875. The molecule has 1 aliphatic rings. The zero-order valence-electron chi connectivity index (χ0n) is 7.32. The van der Waals surface area contributed by atoms with Gasteiger partial charge < -0.3 is 14.6 Å². The predicted octanol–water partition coefficient (Wildman–Crippen LogP) is -0.0547. The first-order chi connectivity index (χ1) is 5.70. The van der Waals surface area contributed by atoms with Crippen LogP contribution in [0.15, 0.2) is 0 Å². The van der Waals surface area contributed by atoms with Crippen LogP contribution in [0.25, 0.3) is 0 Å². The summed E-state index contributed by atoms with van der Waals surface area (Å²) in [5, 5.41) is 9.37. The number of rotatable bonds is 2. The van der Waals surface area contributed by atoms with Crippen LogP contribution in [-0.4, -0.2) is 37.5 Å². The molecule has 0 spiro atoms. The SMILES string of the molecule is COC(=O)C1CCC(O)C1OC. The molecule has 4 heteroatoms. The van der Waals surface area contributed by atoms with Gasteiger partial charge in [-0.25, -0.2) is 0 Å². The van der Waals surface area contributed by atoms with E-state index < -0.39 is 12.2 Å². The van der Waals surface area contributed by atoms with Crippen LogP contribution in [-0.2, 0) is 14.3 Å². The van der Waals surface area contributed by atoms with Gasteiger partial charge in [0.1, 0.15) is 0 Å². The first-order valence-corrected chi connectivity index (χ1v) is 3.99. The highest BCUT2D eigenvalue weighted by Gasteiger charge is 2.40. The third kappa shape index (κ3) is 1.59. The first kappa shape index (κ1) is 9.48. The lowest BCUT2D eigenvalue weighted by Crippen LogP contribution is -2.32. The van der Waals surface area contributed by atoms with Crippen LogP contribution in [0.1, 0.15) is 12.8 Å². The van der Waals surface area contributed by atoms with Crippen LogP contribution in [0, 0.1) is 5.92 Å². The molecular weight excluding hydrogens is 160 g/mol. The number of hydrogen-bond donors (Lipinski definition) is 1. The number of carbonyl (C=O) groups is 1. The van der Waals surface area contributed by atoms with E-state index in [1.54, 1.807) is 0 Å². The average molecular weight is 174 g/mol. The normalized spacial score (nSPS) is 35.1. The Kier molecular flexibility index (Phi) is 3.05. The lowest BCUT2D eigenvalue weighted by atomic mass is 10.1. The van der Waals surface area contributed by atoms with E-state index in [0.29, 0.717) is 12.8 Å². The van der Waals surface area contributed by atoms with Crippen molar-refractivity contribution in [3.8, 4) is 0 Å². The molecule has 3 unspecified atom stereocenters. The third-order valence-electron chi connectivity index (χ3n) is 2.33. The Morgan fingerprint density at radius 1 is 1.42 bits per heavy atom. The zero-order chi connectivity index (χ0) is 9.14. The zero-order valence-corrected chi connectivity index (χ0v) is 7.32. The second-order valence-electron chi connectivity index (χ2n) is 2.97. The van der Waals surface area contributed by atoms with Gasteiger partial charge in [0.25, 0.3) is 0 Å². The third-order valence-corrected chi connectivity index (χ3v) is 2.33. The monoisotopic (exact) mass is 174 g/mol. The topological polar surface area (TPSA) is 55.8 Å². The fourth-order valence-electron chi connectivity index (χ4n) is 1.67. The number of ether oxygens (including phenoxy) is 2. The molecule has 0 heterocycles. The fourth-order valence-corrected chi connectivity index (χ4v) is 1.67. The molecule has 0 saturated heterocycles. The van der Waals surface area contributed by atoms with E-state index in [-0.39, 0.29) is 11.9 Å². The quantitative estimate of drug-likeness (QED) is 0.596. The van der Waals surface area contributed by atoms with Crippen molar-refractivity contribution in [2.24, 2.45) is 5.92 Å². The van der Waals surface area contributed by atoms with Gasteiger partial charge in [-0.1, -0.05) is 0 Å². The Balaban J connectivity index is 2.60. The molecule has 3 atom stereocenters. The number of aliphatic hydroxyl groups excluding tert-OH is 1. The minimum Gasteiger partial charge on any atom is -0.469 e. The molecule has 4 nitrogen and oxygen atoms in total. The maximum Gasteiger partial charge on any atom is 0.311 e. The van der Waals surface area contributed by atoms with Crippen LogP contribution in [0.3, 0.4) is 0 Å². The van der Waals surface area contributed by atoms with E-state index in [9.17, 15) is 9.90 Å². The van der Waals surface area contributed by atoms with E-state index in [4.69, 9.17) is 4.74 Å². The Bertz CT molecular complexity index is 168. The number of esters is 1. The maximum atomic E-state index is 11.1. The van der Waals surface area contributed by atoms with Crippen LogP contribution in [0.2, 0.25) is 0 Å². The minimum absolute atomic E-state index is 0.293. The Morgan fingerprint density at radius 3 is 2.58 bits per heavy atom. The second kappa shape index (κ2) is 3.87. The highest BCUT2D eigenvalue weighted by Crippen LogP contribution is 2.29. The average Bonchev–Trinajstić information content (AvgIpc) is 2.45. The minimum atomic E-state index is -0.529. The summed E-state index contributed by atoms with van der Waals surface area (Å²) >= 11 is 0. The summed E-state index contributed by atoms with van der Waals surface area (Å²) in [5.41, 5.74) is 0.